The highest BCUT2D eigenvalue weighted by molar-refractivity contribution is 6.30. The van der Waals surface area contributed by atoms with Crippen molar-refractivity contribution in [3.05, 3.63) is 70.9 Å². The maximum atomic E-state index is 5.95. The van der Waals surface area contributed by atoms with Crippen molar-refractivity contribution >= 4 is 28.2 Å². The van der Waals surface area contributed by atoms with E-state index in [1.165, 1.54) is 16.5 Å². The average molecular weight is 310 g/mol. The van der Waals surface area contributed by atoms with E-state index in [-0.39, 0.29) is 6.04 Å². The summed E-state index contributed by atoms with van der Waals surface area (Å²) in [6.45, 7) is 0. The Balaban J connectivity index is 1.65. The zero-order chi connectivity index (χ0) is 15.1. The van der Waals surface area contributed by atoms with E-state index in [0.717, 1.165) is 22.7 Å². The van der Waals surface area contributed by atoms with Gasteiger partial charge in [0.2, 0.25) is 0 Å². The Morgan fingerprint density at radius 1 is 1.14 bits per heavy atom. The smallest absolute Gasteiger partial charge is 0.0766 e. The van der Waals surface area contributed by atoms with Crippen molar-refractivity contribution in [3.63, 3.8) is 0 Å². The van der Waals surface area contributed by atoms with Crippen LogP contribution in [0.25, 0.3) is 10.9 Å². The summed E-state index contributed by atoms with van der Waals surface area (Å²) in [6, 6.07) is 16.6. The van der Waals surface area contributed by atoms with Crippen molar-refractivity contribution in [2.45, 2.75) is 12.5 Å². The fourth-order valence-electron chi connectivity index (χ4n) is 3.10. The number of hydrogen-bond donors (Lipinski definition) is 1. The molecule has 3 aromatic rings. The third kappa shape index (κ3) is 2.18. The van der Waals surface area contributed by atoms with Gasteiger partial charge in [0.05, 0.1) is 11.8 Å². The topological polar surface area (TPSA) is 29.3 Å². The van der Waals surface area contributed by atoms with Crippen LogP contribution in [-0.2, 0) is 7.05 Å². The average Bonchev–Trinajstić information content (AvgIpc) is 3.14. The number of hydrogen-bond acceptors (Lipinski definition) is 2. The largest absolute Gasteiger partial charge is 0.350 e. The van der Waals surface area contributed by atoms with Crippen LogP contribution in [0.4, 0.5) is 0 Å². The number of aryl methyl sites for hydroxylation is 1. The van der Waals surface area contributed by atoms with Crippen molar-refractivity contribution < 1.29 is 0 Å². The fourth-order valence-corrected chi connectivity index (χ4v) is 3.22. The molecule has 110 valence electrons. The summed E-state index contributed by atoms with van der Waals surface area (Å²) in [4.78, 5) is 0. The minimum Gasteiger partial charge on any atom is -0.350 e. The summed E-state index contributed by atoms with van der Waals surface area (Å²) < 4.78 is 2.17. The van der Waals surface area contributed by atoms with Gasteiger partial charge < -0.3 is 9.99 Å². The lowest BCUT2D eigenvalue weighted by Gasteiger charge is -2.08. The Kier molecular flexibility index (Phi) is 3.16. The summed E-state index contributed by atoms with van der Waals surface area (Å²) in [5.41, 5.74) is 8.03. The number of para-hydroxylation sites is 1. The van der Waals surface area contributed by atoms with Crippen molar-refractivity contribution in [2.75, 3.05) is 0 Å². The molecule has 1 atom stereocenters. The van der Waals surface area contributed by atoms with Gasteiger partial charge in [-0.15, -0.1) is 0 Å². The third-order valence-corrected chi connectivity index (χ3v) is 4.49. The van der Waals surface area contributed by atoms with Crippen molar-refractivity contribution in [2.24, 2.45) is 12.1 Å². The van der Waals surface area contributed by atoms with Gasteiger partial charge in [-0.1, -0.05) is 41.9 Å². The van der Waals surface area contributed by atoms with E-state index >= 15 is 0 Å². The van der Waals surface area contributed by atoms with Crippen molar-refractivity contribution in [1.29, 1.82) is 0 Å². The normalized spacial score (nSPS) is 17.5. The molecule has 0 bridgehead atoms. The maximum Gasteiger partial charge on any atom is 0.0766 e. The van der Waals surface area contributed by atoms with E-state index in [2.05, 4.69) is 52.6 Å². The van der Waals surface area contributed by atoms with Gasteiger partial charge in [-0.2, -0.15) is 5.10 Å². The SMILES string of the molecule is Cn1cc(C2CC(c3ccc(Cl)cc3)=NN2)c2ccccc21. The predicted octanol–water partition coefficient (Wildman–Crippen LogP) is 4.27. The predicted molar refractivity (Wildman–Crippen MR) is 91.4 cm³/mol. The minimum absolute atomic E-state index is 0.219. The van der Waals surface area contributed by atoms with Gasteiger partial charge in [-0.25, -0.2) is 0 Å². The molecule has 4 rings (SSSR count). The van der Waals surface area contributed by atoms with Crippen LogP contribution in [0.3, 0.4) is 0 Å². The highest BCUT2D eigenvalue weighted by Gasteiger charge is 2.24. The lowest BCUT2D eigenvalue weighted by Crippen LogP contribution is -2.09. The molecule has 0 saturated carbocycles. The summed E-state index contributed by atoms with van der Waals surface area (Å²) in [5.74, 6) is 0. The van der Waals surface area contributed by atoms with Crippen LogP contribution in [-0.4, -0.2) is 10.3 Å². The van der Waals surface area contributed by atoms with E-state index in [9.17, 15) is 0 Å². The van der Waals surface area contributed by atoms with Crippen LogP contribution in [0.15, 0.2) is 59.8 Å². The van der Waals surface area contributed by atoms with Gasteiger partial charge in [-0.3, -0.25) is 0 Å². The Morgan fingerprint density at radius 3 is 2.73 bits per heavy atom. The van der Waals surface area contributed by atoms with Gasteiger partial charge in [0.1, 0.15) is 0 Å². The van der Waals surface area contributed by atoms with Crippen LogP contribution in [0.2, 0.25) is 5.02 Å². The number of benzene rings is 2. The molecule has 1 aromatic heterocycles. The molecule has 1 aliphatic rings. The van der Waals surface area contributed by atoms with Gasteiger partial charge >= 0.3 is 0 Å². The molecule has 22 heavy (non-hydrogen) atoms. The van der Waals surface area contributed by atoms with E-state index < -0.39 is 0 Å². The van der Waals surface area contributed by atoms with E-state index in [0.29, 0.717) is 0 Å². The molecule has 0 aliphatic carbocycles. The third-order valence-electron chi connectivity index (χ3n) is 4.23. The Labute approximate surface area is 134 Å². The van der Waals surface area contributed by atoms with Gasteiger partial charge in [0, 0.05) is 41.2 Å². The molecule has 1 aliphatic heterocycles. The molecule has 3 nitrogen and oxygen atoms in total. The molecule has 1 N–H and O–H groups in total. The standard InChI is InChI=1S/C18H16ClN3/c1-22-11-15(14-4-2-3-5-18(14)22)17-10-16(20-21-17)12-6-8-13(19)9-7-12/h2-9,11,17,21H,10H2,1H3. The van der Waals surface area contributed by atoms with Gasteiger partial charge in [0.25, 0.3) is 0 Å². The number of rotatable bonds is 2. The first-order valence-electron chi connectivity index (χ1n) is 7.34. The second-order valence-electron chi connectivity index (χ2n) is 5.66. The molecule has 4 heteroatoms. The van der Waals surface area contributed by atoms with E-state index in [1.807, 2.05) is 24.3 Å². The van der Waals surface area contributed by atoms with Crippen LogP contribution in [0.5, 0.6) is 0 Å². The molecule has 0 fully saturated rings. The zero-order valence-electron chi connectivity index (χ0n) is 12.3. The number of nitrogens with one attached hydrogen (secondary N) is 1. The monoisotopic (exact) mass is 309 g/mol. The lowest BCUT2D eigenvalue weighted by molar-refractivity contribution is 0.622. The van der Waals surface area contributed by atoms with Crippen molar-refractivity contribution in [3.8, 4) is 0 Å². The molecule has 0 radical (unpaired) electrons. The quantitative estimate of drug-likeness (QED) is 0.752. The zero-order valence-corrected chi connectivity index (χ0v) is 13.0. The summed E-state index contributed by atoms with van der Waals surface area (Å²) in [5, 5.41) is 6.56. The Bertz CT molecular complexity index is 862. The molecule has 1 unspecified atom stereocenters. The lowest BCUT2D eigenvalue weighted by atomic mass is 9.99. The van der Waals surface area contributed by atoms with E-state index in [4.69, 9.17) is 11.6 Å². The molecule has 0 saturated heterocycles. The first-order chi connectivity index (χ1) is 10.7. The second-order valence-corrected chi connectivity index (χ2v) is 6.10. The first-order valence-corrected chi connectivity index (χ1v) is 7.72. The molecule has 2 aromatic carbocycles. The molecule has 0 spiro atoms. The molecular formula is C18H16ClN3. The molecule has 0 amide bonds. The fraction of sp³-hybridized carbons (Fsp3) is 0.167. The van der Waals surface area contributed by atoms with Crippen LogP contribution < -0.4 is 5.43 Å². The van der Waals surface area contributed by atoms with Crippen LogP contribution in [0.1, 0.15) is 23.6 Å². The van der Waals surface area contributed by atoms with Crippen molar-refractivity contribution in [1.82, 2.24) is 9.99 Å². The number of aromatic nitrogens is 1. The highest BCUT2D eigenvalue weighted by Crippen LogP contribution is 2.31. The Morgan fingerprint density at radius 2 is 1.91 bits per heavy atom. The second kappa shape index (κ2) is 5.18. The summed E-state index contributed by atoms with van der Waals surface area (Å²) >= 11 is 5.95. The van der Waals surface area contributed by atoms with Gasteiger partial charge in [0.15, 0.2) is 0 Å². The summed E-state index contributed by atoms with van der Waals surface area (Å²) in [7, 11) is 2.09. The highest BCUT2D eigenvalue weighted by atomic mass is 35.5. The minimum atomic E-state index is 0.219. The Hall–Kier alpha value is -2.26. The number of hydrazone groups is 1. The van der Waals surface area contributed by atoms with Crippen LogP contribution in [0, 0.1) is 0 Å². The summed E-state index contributed by atoms with van der Waals surface area (Å²) in [6.07, 6.45) is 3.08. The van der Waals surface area contributed by atoms with Crippen LogP contribution >= 0.6 is 11.6 Å². The molecular weight excluding hydrogens is 294 g/mol. The first kappa shape index (κ1) is 13.4. The van der Waals surface area contributed by atoms with Gasteiger partial charge in [-0.05, 0) is 23.8 Å². The number of halogens is 1. The number of nitrogens with zero attached hydrogens (tertiary/aromatic N) is 2. The van der Waals surface area contributed by atoms with E-state index in [1.54, 1.807) is 0 Å². The maximum absolute atomic E-state index is 5.95. The molecule has 2 heterocycles. The number of fused-ring (bicyclic) bond motifs is 1.